The summed E-state index contributed by atoms with van der Waals surface area (Å²) in [6, 6.07) is 1.84. The number of aromatic nitrogens is 2. The highest BCUT2D eigenvalue weighted by molar-refractivity contribution is 5.94. The standard InChI is InChI=1S/C21H27N5O3/c27-19-3-1-2-17-15-8-16(18(26(17)19)10-22-20(28)13-4-5-13)12-25(11-15)21(29)14-6-7-23-24-9-14/h6-7,9,13,15-18H,1-5,8,10-12H2,(H,22,28)/t15-,16+,17+,18+/m1/s1. The van der Waals surface area contributed by atoms with Crippen molar-refractivity contribution in [3.05, 3.63) is 24.0 Å². The topological polar surface area (TPSA) is 95.5 Å². The van der Waals surface area contributed by atoms with E-state index in [-0.39, 0.29) is 41.6 Å². The van der Waals surface area contributed by atoms with Crippen LogP contribution in [0, 0.1) is 17.8 Å². The van der Waals surface area contributed by atoms with E-state index in [1.165, 1.54) is 12.4 Å². The molecule has 1 aromatic rings. The molecule has 8 heteroatoms. The lowest BCUT2D eigenvalue weighted by atomic mass is 9.72. The van der Waals surface area contributed by atoms with Crippen LogP contribution in [-0.2, 0) is 9.59 Å². The maximum Gasteiger partial charge on any atom is 0.255 e. The molecule has 4 fully saturated rings. The minimum atomic E-state index is -0.0297. The van der Waals surface area contributed by atoms with Gasteiger partial charge in [-0.2, -0.15) is 10.2 Å². The number of nitrogens with zero attached hydrogens (tertiary/aromatic N) is 4. The molecule has 29 heavy (non-hydrogen) atoms. The Balaban J connectivity index is 1.37. The number of rotatable bonds is 4. The lowest BCUT2D eigenvalue weighted by Crippen LogP contribution is -2.67. The molecule has 4 heterocycles. The first-order valence-corrected chi connectivity index (χ1v) is 10.8. The number of piperidine rings is 3. The van der Waals surface area contributed by atoms with E-state index in [1.54, 1.807) is 6.07 Å². The van der Waals surface area contributed by atoms with Gasteiger partial charge in [-0.3, -0.25) is 14.4 Å². The number of carbonyl (C=O) groups excluding carboxylic acids is 3. The Morgan fingerprint density at radius 3 is 2.72 bits per heavy atom. The third kappa shape index (κ3) is 3.49. The lowest BCUT2D eigenvalue weighted by molar-refractivity contribution is -0.152. The largest absolute Gasteiger partial charge is 0.354 e. The zero-order valence-corrected chi connectivity index (χ0v) is 16.5. The highest BCUT2D eigenvalue weighted by atomic mass is 16.2. The Bertz CT molecular complexity index is 812. The van der Waals surface area contributed by atoms with Gasteiger partial charge in [-0.15, -0.1) is 0 Å². The van der Waals surface area contributed by atoms with E-state index < -0.39 is 0 Å². The summed E-state index contributed by atoms with van der Waals surface area (Å²) < 4.78 is 0. The average molecular weight is 397 g/mol. The zero-order valence-electron chi connectivity index (χ0n) is 16.5. The van der Waals surface area contributed by atoms with E-state index in [4.69, 9.17) is 0 Å². The van der Waals surface area contributed by atoms with Crippen LogP contribution >= 0.6 is 0 Å². The van der Waals surface area contributed by atoms with Crippen LogP contribution in [0.15, 0.2) is 18.5 Å². The lowest BCUT2D eigenvalue weighted by Gasteiger charge is -2.56. The Morgan fingerprint density at radius 1 is 1.14 bits per heavy atom. The predicted molar refractivity (Wildman–Crippen MR) is 104 cm³/mol. The van der Waals surface area contributed by atoms with Crippen LogP contribution in [-0.4, -0.2) is 69.4 Å². The van der Waals surface area contributed by atoms with Gasteiger partial charge in [-0.1, -0.05) is 0 Å². The summed E-state index contributed by atoms with van der Waals surface area (Å²) in [5.41, 5.74) is 0.551. The number of hydrogen-bond acceptors (Lipinski definition) is 5. The van der Waals surface area contributed by atoms with Crippen LogP contribution in [0.1, 0.15) is 48.9 Å². The quantitative estimate of drug-likeness (QED) is 0.813. The van der Waals surface area contributed by atoms with Crippen LogP contribution in [0.4, 0.5) is 0 Å². The fourth-order valence-corrected chi connectivity index (χ4v) is 5.50. The summed E-state index contributed by atoms with van der Waals surface area (Å²) in [7, 11) is 0. The van der Waals surface area contributed by atoms with Crippen LogP contribution in [0.5, 0.6) is 0 Å². The smallest absolute Gasteiger partial charge is 0.255 e. The maximum absolute atomic E-state index is 13.0. The molecule has 0 radical (unpaired) electrons. The van der Waals surface area contributed by atoms with E-state index in [9.17, 15) is 14.4 Å². The van der Waals surface area contributed by atoms with Crippen molar-refractivity contribution >= 4 is 17.7 Å². The minimum Gasteiger partial charge on any atom is -0.354 e. The van der Waals surface area contributed by atoms with Gasteiger partial charge in [0.05, 0.1) is 24.0 Å². The first kappa shape index (κ1) is 18.5. The van der Waals surface area contributed by atoms with Gasteiger partial charge in [0.2, 0.25) is 11.8 Å². The van der Waals surface area contributed by atoms with Crippen LogP contribution < -0.4 is 5.32 Å². The first-order chi connectivity index (χ1) is 14.1. The second-order valence-electron chi connectivity index (χ2n) is 8.94. The van der Waals surface area contributed by atoms with Gasteiger partial charge in [0.25, 0.3) is 5.91 Å². The van der Waals surface area contributed by atoms with Gasteiger partial charge in [0, 0.05) is 38.0 Å². The van der Waals surface area contributed by atoms with Crippen molar-refractivity contribution in [2.24, 2.45) is 17.8 Å². The highest BCUT2D eigenvalue weighted by Crippen LogP contribution is 2.41. The molecular weight excluding hydrogens is 370 g/mol. The molecular formula is C21H27N5O3. The molecule has 4 aliphatic rings. The summed E-state index contributed by atoms with van der Waals surface area (Å²) in [5, 5.41) is 10.7. The van der Waals surface area contributed by atoms with Crippen LogP contribution in [0.3, 0.4) is 0 Å². The molecule has 3 amide bonds. The molecule has 5 rings (SSSR count). The van der Waals surface area contributed by atoms with Crippen molar-refractivity contribution in [2.75, 3.05) is 19.6 Å². The second kappa shape index (κ2) is 7.39. The summed E-state index contributed by atoms with van der Waals surface area (Å²) in [5.74, 6) is 0.936. The summed E-state index contributed by atoms with van der Waals surface area (Å²) >= 11 is 0. The molecule has 1 N–H and O–H groups in total. The Labute approximate surface area is 170 Å². The Hall–Kier alpha value is -2.51. The van der Waals surface area contributed by atoms with Gasteiger partial charge < -0.3 is 15.1 Å². The Morgan fingerprint density at radius 2 is 1.97 bits per heavy atom. The number of hydrogen-bond donors (Lipinski definition) is 1. The second-order valence-corrected chi connectivity index (χ2v) is 8.94. The van der Waals surface area contributed by atoms with E-state index in [1.807, 2.05) is 4.90 Å². The summed E-state index contributed by atoms with van der Waals surface area (Å²) in [6.45, 7) is 1.78. The molecule has 0 spiro atoms. The van der Waals surface area contributed by atoms with Gasteiger partial charge in [0.15, 0.2) is 0 Å². The molecule has 0 unspecified atom stereocenters. The fraction of sp³-hybridized carbons (Fsp3) is 0.667. The third-order valence-electron chi connectivity index (χ3n) is 7.05. The van der Waals surface area contributed by atoms with Gasteiger partial charge >= 0.3 is 0 Å². The fourth-order valence-electron chi connectivity index (χ4n) is 5.50. The third-order valence-corrected chi connectivity index (χ3v) is 7.05. The van der Waals surface area contributed by atoms with Gasteiger partial charge in [-0.25, -0.2) is 0 Å². The zero-order chi connectivity index (χ0) is 20.0. The number of carbonyl (C=O) groups is 3. The molecule has 3 aliphatic heterocycles. The molecule has 3 saturated heterocycles. The summed E-state index contributed by atoms with van der Waals surface area (Å²) in [6.07, 6.45) is 8.47. The van der Waals surface area contributed by atoms with Crippen molar-refractivity contribution in [3.63, 3.8) is 0 Å². The van der Waals surface area contributed by atoms with E-state index >= 15 is 0 Å². The molecule has 4 atom stereocenters. The van der Waals surface area contributed by atoms with Crippen molar-refractivity contribution in [2.45, 2.75) is 50.6 Å². The predicted octanol–water partition coefficient (Wildman–Crippen LogP) is 0.844. The summed E-state index contributed by atoms with van der Waals surface area (Å²) in [4.78, 5) is 42.1. The number of likely N-dealkylation sites (tertiary alicyclic amines) is 1. The molecule has 1 aliphatic carbocycles. The van der Waals surface area contributed by atoms with Crippen molar-refractivity contribution in [1.29, 1.82) is 0 Å². The van der Waals surface area contributed by atoms with Gasteiger partial charge in [0.1, 0.15) is 0 Å². The van der Waals surface area contributed by atoms with Crippen LogP contribution in [0.2, 0.25) is 0 Å². The Kier molecular flexibility index (Phi) is 4.72. The number of nitrogens with one attached hydrogen (secondary N) is 1. The molecule has 8 nitrogen and oxygen atoms in total. The molecule has 2 bridgehead atoms. The molecule has 1 aromatic heterocycles. The highest BCUT2D eigenvalue weighted by Gasteiger charge is 2.50. The van der Waals surface area contributed by atoms with E-state index in [0.717, 1.165) is 32.1 Å². The minimum absolute atomic E-state index is 0.0223. The molecule has 154 valence electrons. The van der Waals surface area contributed by atoms with Crippen molar-refractivity contribution in [1.82, 2.24) is 25.3 Å². The maximum atomic E-state index is 13.0. The van der Waals surface area contributed by atoms with E-state index in [0.29, 0.717) is 37.5 Å². The first-order valence-electron chi connectivity index (χ1n) is 10.8. The average Bonchev–Trinajstić information content (AvgIpc) is 3.59. The van der Waals surface area contributed by atoms with Crippen molar-refractivity contribution in [3.8, 4) is 0 Å². The SMILES string of the molecule is O=C(NC[C@H]1[C@H]2C[C@H](CN(C(=O)c3ccnnc3)C2)[C@@H]2CCCC(=O)N21)C1CC1. The van der Waals surface area contributed by atoms with Gasteiger partial charge in [-0.05, 0) is 50.0 Å². The van der Waals surface area contributed by atoms with E-state index in [2.05, 4.69) is 20.4 Å². The monoisotopic (exact) mass is 397 g/mol. The molecule has 0 aromatic carbocycles. The van der Waals surface area contributed by atoms with Crippen LogP contribution in [0.25, 0.3) is 0 Å². The number of fused-ring (bicyclic) bond motifs is 4. The normalized spacial score (nSPS) is 31.2. The number of amides is 3. The molecule has 1 saturated carbocycles. The van der Waals surface area contributed by atoms with Crippen molar-refractivity contribution < 1.29 is 14.4 Å².